The molecular weight excluding hydrogens is 248 g/mol. The molecule has 0 aliphatic rings. The molecule has 0 saturated heterocycles. The van der Waals surface area contributed by atoms with Gasteiger partial charge in [-0.2, -0.15) is 0 Å². The highest BCUT2D eigenvalue weighted by molar-refractivity contribution is 5.70. The third-order valence-corrected chi connectivity index (χ3v) is 3.25. The zero-order valence-corrected chi connectivity index (χ0v) is 12.4. The van der Waals surface area contributed by atoms with Crippen LogP contribution in [0.3, 0.4) is 0 Å². The predicted octanol–water partition coefficient (Wildman–Crippen LogP) is 4.13. The molecule has 0 amide bonds. The molecule has 0 heterocycles. The van der Waals surface area contributed by atoms with E-state index in [9.17, 15) is 0 Å². The van der Waals surface area contributed by atoms with E-state index in [1.54, 1.807) is 0 Å². The number of nitrogen functional groups attached to an aromatic ring is 1. The first kappa shape index (κ1) is 14.3. The van der Waals surface area contributed by atoms with Gasteiger partial charge in [0.2, 0.25) is 0 Å². The lowest BCUT2D eigenvalue weighted by atomic mass is 10.1. The Kier molecular flexibility index (Phi) is 4.51. The van der Waals surface area contributed by atoms with Crippen LogP contribution in [-0.4, -0.2) is 13.7 Å². The van der Waals surface area contributed by atoms with Gasteiger partial charge in [0.15, 0.2) is 0 Å². The molecule has 2 rings (SSSR count). The summed E-state index contributed by atoms with van der Waals surface area (Å²) in [6, 6.07) is 14.1. The Morgan fingerprint density at radius 3 is 2.60 bits per heavy atom. The molecule has 20 heavy (non-hydrogen) atoms. The zero-order chi connectivity index (χ0) is 14.5. The van der Waals surface area contributed by atoms with E-state index in [2.05, 4.69) is 30.9 Å². The first-order valence-electron chi connectivity index (χ1n) is 6.94. The molecule has 0 aromatic heterocycles. The van der Waals surface area contributed by atoms with E-state index in [0.717, 1.165) is 17.9 Å². The van der Waals surface area contributed by atoms with Crippen molar-refractivity contribution in [3.8, 4) is 5.75 Å². The maximum absolute atomic E-state index is 5.98. The second kappa shape index (κ2) is 6.33. The largest absolute Gasteiger partial charge is 0.493 e. The second-order valence-electron chi connectivity index (χ2n) is 4.95. The van der Waals surface area contributed by atoms with E-state index in [1.807, 2.05) is 37.4 Å². The fourth-order valence-corrected chi connectivity index (χ4v) is 2.18. The molecule has 0 bridgehead atoms. The van der Waals surface area contributed by atoms with Crippen LogP contribution in [0.2, 0.25) is 0 Å². The SMILES string of the molecule is CCCOc1cc(N)cc(N(C)c2ccccc2C)c1. The van der Waals surface area contributed by atoms with Gasteiger partial charge in [-0.1, -0.05) is 25.1 Å². The molecule has 0 fully saturated rings. The molecule has 0 radical (unpaired) electrons. The van der Waals surface area contributed by atoms with E-state index < -0.39 is 0 Å². The number of hydrogen-bond acceptors (Lipinski definition) is 3. The standard InChI is InChI=1S/C17H22N2O/c1-4-9-20-16-11-14(18)10-15(12-16)19(3)17-8-6-5-7-13(17)2/h5-8,10-12H,4,9,18H2,1-3H3. The number of para-hydroxylation sites is 1. The van der Waals surface area contributed by atoms with Crippen LogP contribution >= 0.6 is 0 Å². The number of hydrogen-bond donors (Lipinski definition) is 1. The third-order valence-electron chi connectivity index (χ3n) is 3.25. The summed E-state index contributed by atoms with van der Waals surface area (Å²) >= 11 is 0. The van der Waals surface area contributed by atoms with Crippen LogP contribution in [0.15, 0.2) is 42.5 Å². The van der Waals surface area contributed by atoms with Gasteiger partial charge in [0, 0.05) is 36.2 Å². The van der Waals surface area contributed by atoms with Crippen molar-refractivity contribution in [3.05, 3.63) is 48.0 Å². The second-order valence-corrected chi connectivity index (χ2v) is 4.95. The summed E-state index contributed by atoms with van der Waals surface area (Å²) in [5.74, 6) is 0.822. The Morgan fingerprint density at radius 1 is 1.15 bits per heavy atom. The fraction of sp³-hybridized carbons (Fsp3) is 0.294. The quantitative estimate of drug-likeness (QED) is 0.830. The number of nitrogens with two attached hydrogens (primary N) is 1. The molecule has 2 aromatic rings. The van der Waals surface area contributed by atoms with Crippen molar-refractivity contribution >= 4 is 17.1 Å². The number of aryl methyl sites for hydroxylation is 1. The number of anilines is 3. The normalized spacial score (nSPS) is 10.3. The molecule has 106 valence electrons. The fourth-order valence-electron chi connectivity index (χ4n) is 2.18. The molecule has 0 aliphatic heterocycles. The maximum Gasteiger partial charge on any atom is 0.123 e. The van der Waals surface area contributed by atoms with Crippen LogP contribution in [0, 0.1) is 6.92 Å². The smallest absolute Gasteiger partial charge is 0.123 e. The number of nitrogens with zero attached hydrogens (tertiary/aromatic N) is 1. The molecule has 0 aliphatic carbocycles. The van der Waals surface area contributed by atoms with Crippen molar-refractivity contribution in [2.75, 3.05) is 24.3 Å². The lowest BCUT2D eigenvalue weighted by Gasteiger charge is -2.22. The molecule has 0 atom stereocenters. The summed E-state index contributed by atoms with van der Waals surface area (Å²) in [7, 11) is 2.04. The van der Waals surface area contributed by atoms with E-state index in [0.29, 0.717) is 12.3 Å². The van der Waals surface area contributed by atoms with Gasteiger partial charge in [-0.25, -0.2) is 0 Å². The molecular formula is C17H22N2O. The van der Waals surface area contributed by atoms with E-state index in [4.69, 9.17) is 10.5 Å². The summed E-state index contributed by atoms with van der Waals surface area (Å²) < 4.78 is 5.69. The van der Waals surface area contributed by atoms with Crippen LogP contribution in [0.5, 0.6) is 5.75 Å². The lowest BCUT2D eigenvalue weighted by Crippen LogP contribution is -2.11. The summed E-state index contributed by atoms with van der Waals surface area (Å²) in [5, 5.41) is 0. The maximum atomic E-state index is 5.98. The molecule has 2 N–H and O–H groups in total. The van der Waals surface area contributed by atoms with Crippen molar-refractivity contribution in [3.63, 3.8) is 0 Å². The Labute approximate surface area is 121 Å². The molecule has 0 spiro atoms. The lowest BCUT2D eigenvalue weighted by molar-refractivity contribution is 0.317. The van der Waals surface area contributed by atoms with Crippen LogP contribution in [0.4, 0.5) is 17.1 Å². The van der Waals surface area contributed by atoms with Gasteiger partial charge >= 0.3 is 0 Å². The average molecular weight is 270 g/mol. The van der Waals surface area contributed by atoms with Crippen LogP contribution < -0.4 is 15.4 Å². The van der Waals surface area contributed by atoms with E-state index >= 15 is 0 Å². The first-order valence-corrected chi connectivity index (χ1v) is 6.94. The van der Waals surface area contributed by atoms with Gasteiger partial charge in [-0.05, 0) is 31.0 Å². The van der Waals surface area contributed by atoms with Crippen molar-refractivity contribution in [2.45, 2.75) is 20.3 Å². The zero-order valence-electron chi connectivity index (χ0n) is 12.4. The van der Waals surface area contributed by atoms with Crippen LogP contribution in [0.1, 0.15) is 18.9 Å². The van der Waals surface area contributed by atoms with Crippen molar-refractivity contribution in [1.82, 2.24) is 0 Å². The number of ether oxygens (including phenoxy) is 1. The van der Waals surface area contributed by atoms with Crippen LogP contribution in [-0.2, 0) is 0 Å². The molecule has 0 saturated carbocycles. The Hall–Kier alpha value is -2.16. The molecule has 3 heteroatoms. The molecule has 2 aromatic carbocycles. The first-order chi connectivity index (χ1) is 9.61. The van der Waals surface area contributed by atoms with Gasteiger partial charge in [0.25, 0.3) is 0 Å². The summed E-state index contributed by atoms with van der Waals surface area (Å²) in [6.45, 7) is 4.90. The van der Waals surface area contributed by atoms with Gasteiger partial charge in [0.1, 0.15) is 5.75 Å². The van der Waals surface area contributed by atoms with E-state index in [1.165, 1.54) is 11.3 Å². The average Bonchev–Trinajstić information content (AvgIpc) is 2.44. The highest BCUT2D eigenvalue weighted by Crippen LogP contribution is 2.31. The van der Waals surface area contributed by atoms with Crippen molar-refractivity contribution < 1.29 is 4.74 Å². The minimum atomic E-state index is 0.705. The predicted molar refractivity (Wildman–Crippen MR) is 85.9 cm³/mol. The molecule has 0 unspecified atom stereocenters. The topological polar surface area (TPSA) is 38.5 Å². The third kappa shape index (κ3) is 3.23. The summed E-state index contributed by atoms with van der Waals surface area (Å²) in [5.41, 5.74) is 10.1. The number of benzene rings is 2. The Bertz CT molecular complexity index is 581. The highest BCUT2D eigenvalue weighted by atomic mass is 16.5. The summed E-state index contributed by atoms with van der Waals surface area (Å²) in [6.07, 6.45) is 0.984. The minimum Gasteiger partial charge on any atom is -0.493 e. The van der Waals surface area contributed by atoms with Crippen LogP contribution in [0.25, 0.3) is 0 Å². The van der Waals surface area contributed by atoms with Gasteiger partial charge in [0.05, 0.1) is 6.61 Å². The number of rotatable bonds is 5. The summed E-state index contributed by atoms with van der Waals surface area (Å²) in [4.78, 5) is 2.13. The van der Waals surface area contributed by atoms with E-state index in [-0.39, 0.29) is 0 Å². The van der Waals surface area contributed by atoms with Crippen molar-refractivity contribution in [2.24, 2.45) is 0 Å². The monoisotopic (exact) mass is 270 g/mol. The van der Waals surface area contributed by atoms with Gasteiger partial charge in [-0.3, -0.25) is 0 Å². The van der Waals surface area contributed by atoms with Gasteiger partial charge in [-0.15, -0.1) is 0 Å². The van der Waals surface area contributed by atoms with Crippen molar-refractivity contribution in [1.29, 1.82) is 0 Å². The van der Waals surface area contributed by atoms with Gasteiger partial charge < -0.3 is 15.4 Å². The minimum absolute atomic E-state index is 0.705. The molecule has 3 nitrogen and oxygen atoms in total. The highest BCUT2D eigenvalue weighted by Gasteiger charge is 2.08. The Morgan fingerprint density at radius 2 is 1.90 bits per heavy atom. The Balaban J connectivity index is 2.32.